The second kappa shape index (κ2) is 9.02. The number of ether oxygens (including phenoxy) is 2. The molecule has 0 saturated carbocycles. The smallest absolute Gasteiger partial charge is 0.258 e. The second-order valence-electron chi connectivity index (χ2n) is 7.38. The highest BCUT2D eigenvalue weighted by Gasteiger charge is 2.26. The highest BCUT2D eigenvalue weighted by atomic mass is 32.2. The summed E-state index contributed by atoms with van der Waals surface area (Å²) in [6.45, 7) is 0.669. The van der Waals surface area contributed by atoms with Crippen molar-refractivity contribution in [2.75, 3.05) is 25.7 Å². The molecule has 0 unspecified atom stereocenters. The van der Waals surface area contributed by atoms with E-state index in [-0.39, 0.29) is 23.1 Å². The van der Waals surface area contributed by atoms with E-state index in [2.05, 4.69) is 4.72 Å². The predicted octanol–water partition coefficient (Wildman–Crippen LogP) is 3.39. The minimum Gasteiger partial charge on any atom is -0.497 e. The Hall–Kier alpha value is -3.36. The first-order chi connectivity index (χ1) is 15.4. The number of nitrogens with zero attached hydrogens (tertiary/aromatic N) is 1. The van der Waals surface area contributed by atoms with Crippen LogP contribution in [0.4, 0.5) is 5.69 Å². The molecule has 0 atom stereocenters. The average molecular weight is 453 g/mol. The van der Waals surface area contributed by atoms with E-state index in [9.17, 15) is 13.2 Å². The Morgan fingerprint density at radius 1 is 1.00 bits per heavy atom. The van der Waals surface area contributed by atoms with Crippen LogP contribution in [0.15, 0.2) is 71.6 Å². The number of hydrogen-bond donors (Lipinski definition) is 1. The molecule has 3 aromatic carbocycles. The van der Waals surface area contributed by atoms with E-state index in [0.717, 1.165) is 23.2 Å². The fourth-order valence-corrected chi connectivity index (χ4v) is 4.93. The van der Waals surface area contributed by atoms with Crippen molar-refractivity contribution >= 4 is 21.6 Å². The number of anilines is 1. The van der Waals surface area contributed by atoms with Crippen LogP contribution in [-0.4, -0.2) is 35.1 Å². The summed E-state index contributed by atoms with van der Waals surface area (Å²) in [6.07, 6.45) is 0.765. The summed E-state index contributed by atoms with van der Waals surface area (Å²) >= 11 is 0. The Bertz CT molecular complexity index is 1240. The van der Waals surface area contributed by atoms with Crippen LogP contribution in [0.5, 0.6) is 11.5 Å². The molecule has 8 heteroatoms. The molecule has 0 bridgehead atoms. The molecule has 0 aromatic heterocycles. The molecule has 7 nitrogen and oxygen atoms in total. The zero-order valence-corrected chi connectivity index (χ0v) is 18.7. The molecule has 32 heavy (non-hydrogen) atoms. The molecule has 0 radical (unpaired) electrons. The molecule has 166 valence electrons. The fourth-order valence-electron chi connectivity index (χ4n) is 3.73. The van der Waals surface area contributed by atoms with Crippen LogP contribution in [0, 0.1) is 0 Å². The molecular formula is C24H24N2O5S. The van der Waals surface area contributed by atoms with Gasteiger partial charge >= 0.3 is 0 Å². The average Bonchev–Trinajstić information content (AvgIpc) is 3.25. The molecule has 1 amide bonds. The lowest BCUT2D eigenvalue weighted by atomic mass is 10.1. The van der Waals surface area contributed by atoms with Crippen LogP contribution in [0.3, 0.4) is 0 Å². The monoisotopic (exact) mass is 452 g/mol. The number of fused-ring (bicyclic) bond motifs is 1. The van der Waals surface area contributed by atoms with Gasteiger partial charge in [-0.25, -0.2) is 13.1 Å². The molecule has 1 aliphatic heterocycles. The first-order valence-electron chi connectivity index (χ1n) is 10.1. The zero-order chi connectivity index (χ0) is 22.7. The zero-order valence-electron chi connectivity index (χ0n) is 17.9. The number of amides is 1. The summed E-state index contributed by atoms with van der Waals surface area (Å²) < 4.78 is 38.8. The van der Waals surface area contributed by atoms with Gasteiger partial charge in [-0.15, -0.1) is 0 Å². The van der Waals surface area contributed by atoms with E-state index < -0.39 is 10.0 Å². The first kappa shape index (κ1) is 21.9. The van der Waals surface area contributed by atoms with E-state index >= 15 is 0 Å². The van der Waals surface area contributed by atoms with Gasteiger partial charge in [0, 0.05) is 30.4 Å². The maximum atomic E-state index is 12.9. The van der Waals surface area contributed by atoms with Gasteiger partial charge in [-0.05, 0) is 47.9 Å². The minimum atomic E-state index is -3.86. The minimum absolute atomic E-state index is 0.00129. The standard InChI is InChI=1S/C24H24N2O5S/c1-30-20-10-11-22(31-2)23(15-20)32(28,29)25-16-17-8-9-18-12-13-26(21(18)14-17)24(27)19-6-4-3-5-7-19/h3-11,14-15,25H,12-13,16H2,1-2H3. The van der Waals surface area contributed by atoms with Crippen molar-refractivity contribution in [1.29, 1.82) is 0 Å². The van der Waals surface area contributed by atoms with Crippen molar-refractivity contribution in [2.45, 2.75) is 17.9 Å². The summed E-state index contributed by atoms with van der Waals surface area (Å²) in [4.78, 5) is 14.7. The van der Waals surface area contributed by atoms with Gasteiger partial charge in [0.25, 0.3) is 5.91 Å². The highest BCUT2D eigenvalue weighted by molar-refractivity contribution is 7.89. The van der Waals surface area contributed by atoms with Crippen LogP contribution in [0.1, 0.15) is 21.5 Å². The second-order valence-corrected chi connectivity index (χ2v) is 9.11. The van der Waals surface area contributed by atoms with Crippen LogP contribution < -0.4 is 19.1 Å². The number of hydrogen-bond acceptors (Lipinski definition) is 5. The molecule has 1 heterocycles. The van der Waals surface area contributed by atoms with E-state index in [1.807, 2.05) is 36.4 Å². The highest BCUT2D eigenvalue weighted by Crippen LogP contribution is 2.31. The number of methoxy groups -OCH3 is 2. The lowest BCUT2D eigenvalue weighted by molar-refractivity contribution is 0.0989. The fraction of sp³-hybridized carbons (Fsp3) is 0.208. The first-order valence-corrected chi connectivity index (χ1v) is 11.6. The maximum Gasteiger partial charge on any atom is 0.258 e. The normalized spacial score (nSPS) is 13.0. The SMILES string of the molecule is COc1ccc(OC)c(S(=O)(=O)NCc2ccc3c(c2)N(C(=O)c2ccccc2)CC3)c1. The molecule has 0 spiro atoms. The van der Waals surface area contributed by atoms with Gasteiger partial charge in [0.1, 0.15) is 16.4 Å². The number of carbonyl (C=O) groups is 1. The molecule has 0 fully saturated rings. The van der Waals surface area contributed by atoms with E-state index in [1.54, 1.807) is 29.2 Å². The summed E-state index contributed by atoms with van der Waals surface area (Å²) in [5.74, 6) is 0.578. The molecule has 1 N–H and O–H groups in total. The molecule has 4 rings (SSSR count). The van der Waals surface area contributed by atoms with E-state index in [0.29, 0.717) is 17.9 Å². The van der Waals surface area contributed by atoms with Crippen molar-refractivity contribution in [1.82, 2.24) is 4.72 Å². The third-order valence-electron chi connectivity index (χ3n) is 5.44. The lowest BCUT2D eigenvalue weighted by Gasteiger charge is -2.18. The van der Waals surface area contributed by atoms with Gasteiger partial charge in [-0.2, -0.15) is 0 Å². The van der Waals surface area contributed by atoms with E-state index in [4.69, 9.17) is 9.47 Å². The predicted molar refractivity (Wildman–Crippen MR) is 122 cm³/mol. The van der Waals surface area contributed by atoms with Crippen LogP contribution >= 0.6 is 0 Å². The largest absolute Gasteiger partial charge is 0.497 e. The Morgan fingerprint density at radius 3 is 2.50 bits per heavy atom. The topological polar surface area (TPSA) is 84.9 Å². The quantitative estimate of drug-likeness (QED) is 0.594. The number of sulfonamides is 1. The maximum absolute atomic E-state index is 12.9. The van der Waals surface area contributed by atoms with Crippen LogP contribution in [0.2, 0.25) is 0 Å². The molecule has 0 aliphatic carbocycles. The Balaban J connectivity index is 1.55. The van der Waals surface area contributed by atoms with Gasteiger partial charge in [-0.1, -0.05) is 30.3 Å². The van der Waals surface area contributed by atoms with Gasteiger partial charge in [0.15, 0.2) is 0 Å². The summed E-state index contributed by atoms with van der Waals surface area (Å²) in [7, 11) is -0.969. The number of carbonyl (C=O) groups excluding carboxylic acids is 1. The van der Waals surface area contributed by atoms with Crippen LogP contribution in [-0.2, 0) is 23.0 Å². The van der Waals surface area contributed by atoms with Gasteiger partial charge < -0.3 is 14.4 Å². The van der Waals surface area contributed by atoms with Crippen LogP contribution in [0.25, 0.3) is 0 Å². The third kappa shape index (κ3) is 4.32. The number of nitrogens with one attached hydrogen (secondary N) is 1. The van der Waals surface area contributed by atoms with E-state index in [1.165, 1.54) is 20.3 Å². The summed E-state index contributed by atoms with van der Waals surface area (Å²) in [6, 6.07) is 19.4. The van der Waals surface area contributed by atoms with Crippen molar-refractivity contribution < 1.29 is 22.7 Å². The van der Waals surface area contributed by atoms with Gasteiger partial charge in [0.05, 0.1) is 14.2 Å². The Morgan fingerprint density at radius 2 is 1.78 bits per heavy atom. The molecule has 0 saturated heterocycles. The van der Waals surface area contributed by atoms with Gasteiger partial charge in [0.2, 0.25) is 10.0 Å². The Labute approximate surface area is 187 Å². The molecule has 3 aromatic rings. The van der Waals surface area contributed by atoms with Gasteiger partial charge in [-0.3, -0.25) is 4.79 Å². The van der Waals surface area contributed by atoms with Crippen molar-refractivity contribution in [2.24, 2.45) is 0 Å². The van der Waals surface area contributed by atoms with Crippen molar-refractivity contribution in [3.63, 3.8) is 0 Å². The van der Waals surface area contributed by atoms with Crippen molar-refractivity contribution in [3.05, 3.63) is 83.4 Å². The number of benzene rings is 3. The summed E-state index contributed by atoms with van der Waals surface area (Å²) in [5, 5.41) is 0. The Kier molecular flexibility index (Phi) is 6.16. The summed E-state index contributed by atoms with van der Waals surface area (Å²) in [5.41, 5.74) is 3.25. The lowest BCUT2D eigenvalue weighted by Crippen LogP contribution is -2.29. The molecular weight excluding hydrogens is 428 g/mol. The van der Waals surface area contributed by atoms with Crippen molar-refractivity contribution in [3.8, 4) is 11.5 Å². The third-order valence-corrected chi connectivity index (χ3v) is 6.86. The molecule has 1 aliphatic rings. The number of rotatable bonds is 7.